The topological polar surface area (TPSA) is 52.6 Å². The van der Waals surface area contributed by atoms with Crippen molar-refractivity contribution >= 4 is 11.9 Å². The van der Waals surface area contributed by atoms with Crippen LogP contribution in [0, 0.1) is 23.3 Å². The van der Waals surface area contributed by atoms with Crippen molar-refractivity contribution in [1.82, 2.24) is 0 Å². The zero-order chi connectivity index (χ0) is 19.5. The molecular formula is C14H11F7O4. The van der Waals surface area contributed by atoms with Gasteiger partial charge >= 0.3 is 18.1 Å². The third kappa shape index (κ3) is 4.02. The molecule has 0 bridgehead atoms. The van der Waals surface area contributed by atoms with Crippen molar-refractivity contribution in [1.29, 1.82) is 0 Å². The summed E-state index contributed by atoms with van der Waals surface area (Å²) in [6, 6.07) is 0. The van der Waals surface area contributed by atoms with Gasteiger partial charge in [-0.1, -0.05) is 0 Å². The maximum absolute atomic E-state index is 14.0. The first kappa shape index (κ1) is 20.7. The van der Waals surface area contributed by atoms with Crippen LogP contribution in [0.3, 0.4) is 0 Å². The highest BCUT2D eigenvalue weighted by atomic mass is 19.4. The Morgan fingerprint density at radius 1 is 0.840 bits per heavy atom. The number of carbonyl (C=O) groups is 2. The number of hydrogen-bond acceptors (Lipinski definition) is 4. The van der Waals surface area contributed by atoms with Crippen LogP contribution in [0.25, 0.3) is 0 Å². The molecule has 140 valence electrons. The van der Waals surface area contributed by atoms with Gasteiger partial charge in [-0.25, -0.2) is 17.6 Å². The second kappa shape index (κ2) is 7.70. The Kier molecular flexibility index (Phi) is 6.38. The maximum atomic E-state index is 14.0. The molecule has 0 aliphatic rings. The molecule has 0 fully saturated rings. The van der Waals surface area contributed by atoms with E-state index < -0.39 is 58.4 Å². The van der Waals surface area contributed by atoms with Gasteiger partial charge in [0.2, 0.25) is 0 Å². The lowest BCUT2D eigenvalue weighted by molar-refractivity contribution is -0.157. The van der Waals surface area contributed by atoms with Gasteiger partial charge in [0, 0.05) is 0 Å². The Hall–Kier alpha value is -2.33. The molecule has 0 N–H and O–H groups in total. The standard InChI is InChI=1S/C14H11F7O4/c1-3-24-12(22)6(13(23)25-4-2)5-8(15)10(17)7(14(19,20)21)11(18)9(5)16/h6H,3-4H2,1-2H3. The molecule has 4 nitrogen and oxygen atoms in total. The van der Waals surface area contributed by atoms with E-state index in [4.69, 9.17) is 0 Å². The predicted octanol–water partition coefficient (Wildman–Crippen LogP) is 3.47. The number of ether oxygens (including phenoxy) is 2. The van der Waals surface area contributed by atoms with E-state index in [0.29, 0.717) is 0 Å². The third-order valence-corrected chi connectivity index (χ3v) is 2.91. The number of halogens is 7. The minimum atomic E-state index is -5.75. The average molecular weight is 376 g/mol. The smallest absolute Gasteiger partial charge is 0.422 e. The van der Waals surface area contributed by atoms with Gasteiger partial charge < -0.3 is 9.47 Å². The van der Waals surface area contributed by atoms with Gasteiger partial charge in [0.15, 0.2) is 29.2 Å². The van der Waals surface area contributed by atoms with Crippen LogP contribution in [0.4, 0.5) is 30.7 Å². The summed E-state index contributed by atoms with van der Waals surface area (Å²) in [7, 11) is 0. The van der Waals surface area contributed by atoms with Crippen LogP contribution < -0.4 is 0 Å². The zero-order valence-electron chi connectivity index (χ0n) is 12.8. The highest BCUT2D eigenvalue weighted by molar-refractivity contribution is 6.01. The number of carbonyl (C=O) groups excluding carboxylic acids is 2. The Labute approximate surface area is 136 Å². The molecule has 0 radical (unpaired) electrons. The Bertz CT molecular complexity index is 638. The molecule has 0 heterocycles. The van der Waals surface area contributed by atoms with Crippen molar-refractivity contribution in [3.8, 4) is 0 Å². The van der Waals surface area contributed by atoms with Crippen LogP contribution in [-0.4, -0.2) is 25.2 Å². The maximum Gasteiger partial charge on any atom is 0.422 e. The highest BCUT2D eigenvalue weighted by Gasteiger charge is 2.46. The van der Waals surface area contributed by atoms with Gasteiger partial charge in [-0.2, -0.15) is 13.2 Å². The lowest BCUT2D eigenvalue weighted by Gasteiger charge is -2.19. The number of benzene rings is 1. The Balaban J connectivity index is 3.72. The summed E-state index contributed by atoms with van der Waals surface area (Å²) >= 11 is 0. The summed E-state index contributed by atoms with van der Waals surface area (Å²) in [4.78, 5) is 23.5. The lowest BCUT2D eigenvalue weighted by Crippen LogP contribution is -2.30. The molecule has 1 aromatic rings. The molecule has 11 heteroatoms. The fraction of sp³-hybridized carbons (Fsp3) is 0.429. The van der Waals surface area contributed by atoms with Crippen LogP contribution in [0.5, 0.6) is 0 Å². The second-order valence-electron chi connectivity index (χ2n) is 4.48. The van der Waals surface area contributed by atoms with Crippen molar-refractivity contribution < 1.29 is 49.8 Å². The number of rotatable bonds is 5. The summed E-state index contributed by atoms with van der Waals surface area (Å²) in [5, 5.41) is 0. The predicted molar refractivity (Wildman–Crippen MR) is 67.3 cm³/mol. The number of alkyl halides is 3. The molecule has 0 amide bonds. The minimum absolute atomic E-state index is 0.385. The van der Waals surface area contributed by atoms with Crippen molar-refractivity contribution in [3.63, 3.8) is 0 Å². The van der Waals surface area contributed by atoms with Crippen LogP contribution in [-0.2, 0) is 25.2 Å². The number of hydrogen-bond donors (Lipinski definition) is 0. The monoisotopic (exact) mass is 376 g/mol. The summed E-state index contributed by atoms with van der Waals surface area (Å²) in [5.74, 6) is -16.6. The van der Waals surface area contributed by atoms with Gasteiger partial charge in [0.1, 0.15) is 5.56 Å². The molecule has 1 aromatic carbocycles. The van der Waals surface area contributed by atoms with Gasteiger partial charge in [0.05, 0.1) is 18.8 Å². The Morgan fingerprint density at radius 3 is 1.48 bits per heavy atom. The fourth-order valence-electron chi connectivity index (χ4n) is 1.93. The number of esters is 2. The van der Waals surface area contributed by atoms with E-state index in [1.165, 1.54) is 13.8 Å². The van der Waals surface area contributed by atoms with E-state index in [9.17, 15) is 40.3 Å². The molecule has 0 aliphatic heterocycles. The van der Waals surface area contributed by atoms with E-state index in [0.717, 1.165) is 0 Å². The molecule has 25 heavy (non-hydrogen) atoms. The molecular weight excluding hydrogens is 365 g/mol. The van der Waals surface area contributed by atoms with E-state index in [1.54, 1.807) is 0 Å². The summed E-state index contributed by atoms with van der Waals surface area (Å²) < 4.78 is 102. The van der Waals surface area contributed by atoms with E-state index in [1.807, 2.05) is 0 Å². The molecule has 0 saturated carbocycles. The molecule has 0 unspecified atom stereocenters. The van der Waals surface area contributed by atoms with E-state index in [-0.39, 0.29) is 13.2 Å². The summed E-state index contributed by atoms with van der Waals surface area (Å²) in [6.07, 6.45) is -5.75. The molecule has 0 aromatic heterocycles. The lowest BCUT2D eigenvalue weighted by atomic mass is 9.95. The fourth-order valence-corrected chi connectivity index (χ4v) is 1.93. The minimum Gasteiger partial charge on any atom is -0.465 e. The van der Waals surface area contributed by atoms with Crippen LogP contribution in [0.2, 0.25) is 0 Å². The summed E-state index contributed by atoms with van der Waals surface area (Å²) in [5.41, 5.74) is -4.68. The largest absolute Gasteiger partial charge is 0.465 e. The molecule has 1 rings (SSSR count). The highest BCUT2D eigenvalue weighted by Crippen LogP contribution is 2.39. The first-order valence-corrected chi connectivity index (χ1v) is 6.75. The third-order valence-electron chi connectivity index (χ3n) is 2.91. The first-order chi connectivity index (χ1) is 11.5. The van der Waals surface area contributed by atoms with Crippen LogP contribution in [0.1, 0.15) is 30.9 Å². The van der Waals surface area contributed by atoms with Crippen molar-refractivity contribution in [2.75, 3.05) is 13.2 Å². The quantitative estimate of drug-likeness (QED) is 0.342. The van der Waals surface area contributed by atoms with Crippen molar-refractivity contribution in [3.05, 3.63) is 34.4 Å². The van der Waals surface area contributed by atoms with E-state index in [2.05, 4.69) is 9.47 Å². The molecule has 0 atom stereocenters. The van der Waals surface area contributed by atoms with Crippen molar-refractivity contribution in [2.24, 2.45) is 0 Å². The van der Waals surface area contributed by atoms with Gasteiger partial charge in [0.25, 0.3) is 0 Å². The average Bonchev–Trinajstić information content (AvgIpc) is 2.48. The first-order valence-electron chi connectivity index (χ1n) is 6.75. The molecule has 0 aliphatic carbocycles. The summed E-state index contributed by atoms with van der Waals surface area (Å²) in [6.45, 7) is 1.73. The molecule has 0 saturated heterocycles. The normalized spacial score (nSPS) is 11.6. The van der Waals surface area contributed by atoms with Crippen LogP contribution >= 0.6 is 0 Å². The zero-order valence-corrected chi connectivity index (χ0v) is 12.8. The van der Waals surface area contributed by atoms with Gasteiger partial charge in [-0.05, 0) is 13.8 Å². The Morgan fingerprint density at radius 2 is 1.20 bits per heavy atom. The van der Waals surface area contributed by atoms with Crippen LogP contribution in [0.15, 0.2) is 0 Å². The second-order valence-corrected chi connectivity index (χ2v) is 4.48. The van der Waals surface area contributed by atoms with E-state index >= 15 is 0 Å². The SMILES string of the molecule is CCOC(=O)C(C(=O)OCC)c1c(F)c(F)c(C(F)(F)F)c(F)c1F. The van der Waals surface area contributed by atoms with Gasteiger partial charge in [-0.15, -0.1) is 0 Å². The van der Waals surface area contributed by atoms with Crippen molar-refractivity contribution in [2.45, 2.75) is 25.9 Å². The molecule has 0 spiro atoms. The van der Waals surface area contributed by atoms with Gasteiger partial charge in [-0.3, -0.25) is 9.59 Å².